The van der Waals surface area contributed by atoms with Crippen LogP contribution in [0.5, 0.6) is 11.5 Å². The summed E-state index contributed by atoms with van der Waals surface area (Å²) in [6.07, 6.45) is 1.68. The second kappa shape index (κ2) is 12.2. The number of hydrogen-bond donors (Lipinski definition) is 3. The first-order valence-electron chi connectivity index (χ1n) is 9.08. The van der Waals surface area contributed by atoms with Crippen LogP contribution in [0, 0.1) is 5.41 Å². The zero-order valence-corrected chi connectivity index (χ0v) is 18.7. The fourth-order valence-corrected chi connectivity index (χ4v) is 3.07. The predicted octanol–water partition coefficient (Wildman–Crippen LogP) is 2.17. The summed E-state index contributed by atoms with van der Waals surface area (Å²) >= 11 is 0. The fourth-order valence-electron chi connectivity index (χ4n) is 3.07. The standard InChI is InChI=1S/C19H31N3O4.HI/c1-4-20-18(22-13-19(7-9-23)8-10-26-14-19)21-12-15-5-6-16(24-2)11-17(15)25-3;/h5-6,11,23H,4,7-10,12-14H2,1-3H3,(H2,20,21,22);1H. The van der Waals surface area contributed by atoms with Gasteiger partial charge in [0.1, 0.15) is 11.5 Å². The van der Waals surface area contributed by atoms with Crippen LogP contribution in [0.4, 0.5) is 0 Å². The highest BCUT2D eigenvalue weighted by Crippen LogP contribution is 2.31. The maximum Gasteiger partial charge on any atom is 0.191 e. The number of methoxy groups -OCH3 is 2. The molecular weight excluding hydrogens is 461 g/mol. The number of benzene rings is 1. The predicted molar refractivity (Wildman–Crippen MR) is 117 cm³/mol. The molecule has 1 aromatic rings. The molecule has 154 valence electrons. The second-order valence-electron chi connectivity index (χ2n) is 6.50. The quantitative estimate of drug-likeness (QED) is 0.278. The van der Waals surface area contributed by atoms with Crippen molar-refractivity contribution in [1.29, 1.82) is 0 Å². The first-order valence-corrected chi connectivity index (χ1v) is 9.08. The Balaban J connectivity index is 0.00000364. The molecule has 0 amide bonds. The van der Waals surface area contributed by atoms with Crippen molar-refractivity contribution in [2.45, 2.75) is 26.3 Å². The van der Waals surface area contributed by atoms with E-state index in [1.54, 1.807) is 14.2 Å². The van der Waals surface area contributed by atoms with Crippen LogP contribution < -0.4 is 20.1 Å². The summed E-state index contributed by atoms with van der Waals surface area (Å²) in [5, 5.41) is 16.0. The van der Waals surface area contributed by atoms with E-state index >= 15 is 0 Å². The number of nitrogens with zero attached hydrogens (tertiary/aromatic N) is 1. The molecule has 0 aromatic heterocycles. The van der Waals surface area contributed by atoms with E-state index in [1.807, 2.05) is 25.1 Å². The average Bonchev–Trinajstić information content (AvgIpc) is 3.13. The zero-order chi connectivity index (χ0) is 18.8. The molecule has 0 saturated carbocycles. The molecule has 1 saturated heterocycles. The van der Waals surface area contributed by atoms with E-state index in [4.69, 9.17) is 14.2 Å². The molecule has 7 nitrogen and oxygen atoms in total. The van der Waals surface area contributed by atoms with Crippen LogP contribution in [-0.2, 0) is 11.3 Å². The number of nitrogens with one attached hydrogen (secondary N) is 2. The lowest BCUT2D eigenvalue weighted by Gasteiger charge is -2.27. The van der Waals surface area contributed by atoms with Crippen molar-refractivity contribution in [2.24, 2.45) is 10.4 Å². The number of aliphatic hydroxyl groups is 1. The molecule has 1 aliphatic heterocycles. The van der Waals surface area contributed by atoms with Crippen molar-refractivity contribution >= 4 is 29.9 Å². The average molecular weight is 493 g/mol. The van der Waals surface area contributed by atoms with Gasteiger partial charge in [0, 0.05) is 43.3 Å². The SMILES string of the molecule is CCNC(=NCc1ccc(OC)cc1OC)NCC1(CCO)CCOC1.I. The van der Waals surface area contributed by atoms with Gasteiger partial charge >= 0.3 is 0 Å². The summed E-state index contributed by atoms with van der Waals surface area (Å²) in [6.45, 7) is 5.61. The Morgan fingerprint density at radius 3 is 2.70 bits per heavy atom. The number of halogens is 1. The molecular formula is C19H32IN3O4. The highest BCUT2D eigenvalue weighted by molar-refractivity contribution is 14.0. The van der Waals surface area contributed by atoms with Crippen molar-refractivity contribution in [3.63, 3.8) is 0 Å². The van der Waals surface area contributed by atoms with E-state index in [2.05, 4.69) is 15.6 Å². The Bertz CT molecular complexity index is 592. The van der Waals surface area contributed by atoms with E-state index in [0.29, 0.717) is 13.2 Å². The van der Waals surface area contributed by atoms with Crippen molar-refractivity contribution in [1.82, 2.24) is 10.6 Å². The van der Waals surface area contributed by atoms with Gasteiger partial charge in [0.05, 0.1) is 27.4 Å². The van der Waals surface area contributed by atoms with E-state index in [0.717, 1.165) is 55.6 Å². The third-order valence-electron chi connectivity index (χ3n) is 4.70. The molecule has 1 aromatic carbocycles. The van der Waals surface area contributed by atoms with Crippen LogP contribution in [0.3, 0.4) is 0 Å². The van der Waals surface area contributed by atoms with Gasteiger partial charge in [-0.1, -0.05) is 0 Å². The fraction of sp³-hybridized carbons (Fsp3) is 0.632. The van der Waals surface area contributed by atoms with E-state index in [9.17, 15) is 5.11 Å². The van der Waals surface area contributed by atoms with Crippen molar-refractivity contribution < 1.29 is 19.3 Å². The molecule has 1 unspecified atom stereocenters. The van der Waals surface area contributed by atoms with Crippen LogP contribution >= 0.6 is 24.0 Å². The van der Waals surface area contributed by atoms with Gasteiger partial charge in [-0.2, -0.15) is 0 Å². The Labute approximate surface area is 178 Å². The largest absolute Gasteiger partial charge is 0.497 e. The molecule has 1 aliphatic rings. The first kappa shape index (κ1) is 23.8. The van der Waals surface area contributed by atoms with E-state index < -0.39 is 0 Å². The summed E-state index contributed by atoms with van der Waals surface area (Å²) in [4.78, 5) is 4.67. The van der Waals surface area contributed by atoms with E-state index in [1.165, 1.54) is 0 Å². The summed E-state index contributed by atoms with van der Waals surface area (Å²) in [5.74, 6) is 2.26. The molecule has 2 rings (SSSR count). The third kappa shape index (κ3) is 7.00. The molecule has 27 heavy (non-hydrogen) atoms. The van der Waals surface area contributed by atoms with Gasteiger partial charge in [0.2, 0.25) is 0 Å². The lowest BCUT2D eigenvalue weighted by molar-refractivity contribution is 0.127. The Morgan fingerprint density at radius 1 is 1.30 bits per heavy atom. The van der Waals surface area contributed by atoms with Crippen molar-refractivity contribution in [3.8, 4) is 11.5 Å². The summed E-state index contributed by atoms with van der Waals surface area (Å²) < 4.78 is 16.2. The van der Waals surface area contributed by atoms with Crippen LogP contribution in [0.2, 0.25) is 0 Å². The number of hydrogen-bond acceptors (Lipinski definition) is 5. The minimum absolute atomic E-state index is 0. The lowest BCUT2D eigenvalue weighted by Crippen LogP contribution is -2.44. The molecule has 8 heteroatoms. The highest BCUT2D eigenvalue weighted by Gasteiger charge is 2.34. The first-order chi connectivity index (χ1) is 12.7. The molecule has 0 radical (unpaired) electrons. The molecule has 0 aliphatic carbocycles. The summed E-state index contributed by atoms with van der Waals surface area (Å²) in [6, 6.07) is 5.72. The van der Waals surface area contributed by atoms with Gasteiger partial charge in [-0.15, -0.1) is 24.0 Å². The third-order valence-corrected chi connectivity index (χ3v) is 4.70. The Kier molecular flexibility index (Phi) is 10.8. The number of ether oxygens (including phenoxy) is 3. The second-order valence-corrected chi connectivity index (χ2v) is 6.50. The molecule has 0 spiro atoms. The number of guanidine groups is 1. The van der Waals surface area contributed by atoms with Crippen LogP contribution in [0.1, 0.15) is 25.3 Å². The van der Waals surface area contributed by atoms with Gasteiger partial charge in [0.25, 0.3) is 0 Å². The Hall–Kier alpha value is -1.26. The molecule has 1 fully saturated rings. The van der Waals surface area contributed by atoms with Crippen molar-refractivity contribution in [3.05, 3.63) is 23.8 Å². The molecule has 1 heterocycles. The van der Waals surface area contributed by atoms with Crippen LogP contribution in [0.25, 0.3) is 0 Å². The van der Waals surface area contributed by atoms with Crippen LogP contribution in [0.15, 0.2) is 23.2 Å². The molecule has 1 atom stereocenters. The summed E-state index contributed by atoms with van der Waals surface area (Å²) in [5.41, 5.74) is 0.961. The normalized spacial score (nSPS) is 19.3. The number of rotatable bonds is 9. The minimum Gasteiger partial charge on any atom is -0.497 e. The monoisotopic (exact) mass is 493 g/mol. The smallest absolute Gasteiger partial charge is 0.191 e. The van der Waals surface area contributed by atoms with Gasteiger partial charge in [0.15, 0.2) is 5.96 Å². The van der Waals surface area contributed by atoms with Gasteiger partial charge in [-0.25, -0.2) is 4.99 Å². The summed E-state index contributed by atoms with van der Waals surface area (Å²) in [7, 11) is 3.28. The zero-order valence-electron chi connectivity index (χ0n) is 16.4. The maximum atomic E-state index is 9.36. The maximum absolute atomic E-state index is 9.36. The number of aliphatic hydroxyl groups excluding tert-OH is 1. The number of aliphatic imine (C=N–C) groups is 1. The molecule has 3 N–H and O–H groups in total. The minimum atomic E-state index is -0.0251. The highest BCUT2D eigenvalue weighted by atomic mass is 127. The lowest BCUT2D eigenvalue weighted by atomic mass is 9.84. The topological polar surface area (TPSA) is 84.3 Å². The van der Waals surface area contributed by atoms with Crippen molar-refractivity contribution in [2.75, 3.05) is 47.1 Å². The van der Waals surface area contributed by atoms with Gasteiger partial charge in [-0.05, 0) is 31.9 Å². The van der Waals surface area contributed by atoms with Gasteiger partial charge < -0.3 is 30.0 Å². The van der Waals surface area contributed by atoms with Gasteiger partial charge in [-0.3, -0.25) is 0 Å². The Morgan fingerprint density at radius 2 is 2.11 bits per heavy atom. The van der Waals surface area contributed by atoms with Crippen LogP contribution in [-0.4, -0.2) is 58.2 Å². The van der Waals surface area contributed by atoms with E-state index in [-0.39, 0.29) is 36.0 Å². The molecule has 0 bridgehead atoms.